The van der Waals surface area contributed by atoms with Crippen LogP contribution in [0.2, 0.25) is 0 Å². The monoisotopic (exact) mass is 397 g/mol. The number of piperidine rings is 1. The number of carbonyl (C=O) groups excluding carboxylic acids is 1. The van der Waals surface area contributed by atoms with Crippen molar-refractivity contribution in [3.63, 3.8) is 0 Å². The maximum absolute atomic E-state index is 12.2. The van der Waals surface area contributed by atoms with Crippen molar-refractivity contribution < 1.29 is 17.9 Å². The van der Waals surface area contributed by atoms with Gasteiger partial charge in [0.2, 0.25) is 10.0 Å². The van der Waals surface area contributed by atoms with Crippen LogP contribution in [0.5, 0.6) is 0 Å². The highest BCUT2D eigenvalue weighted by Gasteiger charge is 2.23. The standard InChI is InChI=1S/C19H31N3O4S/c1-3-22(27(2,24)25)13-7-12-20-18-10-14-21(15-11-18)19(23)26-16-17-8-5-4-6-9-17/h4-6,8-9,18,20H,3,7,10-16H2,1-2H3. The summed E-state index contributed by atoms with van der Waals surface area (Å²) >= 11 is 0. The SMILES string of the molecule is CCN(CCCNC1CCN(C(=O)OCc2ccccc2)CC1)S(C)(=O)=O. The first-order chi connectivity index (χ1) is 12.9. The molecule has 1 aliphatic heterocycles. The van der Waals surface area contributed by atoms with E-state index in [9.17, 15) is 13.2 Å². The second kappa shape index (κ2) is 10.6. The van der Waals surface area contributed by atoms with Crippen molar-refractivity contribution in [3.8, 4) is 0 Å². The summed E-state index contributed by atoms with van der Waals surface area (Å²) in [7, 11) is -3.12. The summed E-state index contributed by atoms with van der Waals surface area (Å²) in [6.45, 7) is 5.31. The van der Waals surface area contributed by atoms with Gasteiger partial charge in [-0.05, 0) is 31.4 Å². The lowest BCUT2D eigenvalue weighted by atomic mass is 10.1. The molecule has 1 fully saturated rings. The van der Waals surface area contributed by atoms with Gasteiger partial charge in [-0.25, -0.2) is 17.5 Å². The van der Waals surface area contributed by atoms with Crippen LogP contribution < -0.4 is 5.32 Å². The molecule has 0 spiro atoms. The summed E-state index contributed by atoms with van der Waals surface area (Å²) in [6, 6.07) is 10.0. The van der Waals surface area contributed by atoms with Gasteiger partial charge in [-0.2, -0.15) is 0 Å². The number of nitrogens with zero attached hydrogens (tertiary/aromatic N) is 2. The van der Waals surface area contributed by atoms with Crippen LogP contribution in [0.1, 0.15) is 31.7 Å². The van der Waals surface area contributed by atoms with Crippen molar-refractivity contribution in [2.75, 3.05) is 39.0 Å². The zero-order chi connectivity index (χ0) is 19.7. The first kappa shape index (κ1) is 21.7. The van der Waals surface area contributed by atoms with Gasteiger partial charge in [-0.3, -0.25) is 0 Å². The zero-order valence-corrected chi connectivity index (χ0v) is 17.1. The van der Waals surface area contributed by atoms with Crippen LogP contribution in [0.3, 0.4) is 0 Å². The summed E-state index contributed by atoms with van der Waals surface area (Å²) in [5.74, 6) is 0. The lowest BCUT2D eigenvalue weighted by molar-refractivity contribution is 0.0853. The summed E-state index contributed by atoms with van der Waals surface area (Å²) in [5, 5.41) is 3.47. The predicted molar refractivity (Wildman–Crippen MR) is 106 cm³/mol. The summed E-state index contributed by atoms with van der Waals surface area (Å²) in [6.07, 6.45) is 3.52. The Hall–Kier alpha value is -1.64. The van der Waals surface area contributed by atoms with Crippen LogP contribution in [-0.2, 0) is 21.4 Å². The van der Waals surface area contributed by atoms with Crippen molar-refractivity contribution in [1.82, 2.24) is 14.5 Å². The van der Waals surface area contributed by atoms with Gasteiger partial charge in [0.15, 0.2) is 0 Å². The molecule has 27 heavy (non-hydrogen) atoms. The van der Waals surface area contributed by atoms with Crippen LogP contribution >= 0.6 is 0 Å². The fourth-order valence-corrected chi connectivity index (χ4v) is 4.13. The lowest BCUT2D eigenvalue weighted by Gasteiger charge is -2.32. The molecular formula is C19H31N3O4S. The highest BCUT2D eigenvalue weighted by atomic mass is 32.2. The largest absolute Gasteiger partial charge is 0.445 e. The molecular weight excluding hydrogens is 366 g/mol. The van der Waals surface area contributed by atoms with E-state index in [2.05, 4.69) is 5.32 Å². The molecule has 7 nitrogen and oxygen atoms in total. The molecule has 1 saturated heterocycles. The van der Waals surface area contributed by atoms with E-state index < -0.39 is 10.0 Å². The van der Waals surface area contributed by atoms with Crippen molar-refractivity contribution in [2.45, 2.75) is 38.8 Å². The number of carbonyl (C=O) groups is 1. The van der Waals surface area contributed by atoms with Crippen molar-refractivity contribution in [3.05, 3.63) is 35.9 Å². The maximum Gasteiger partial charge on any atom is 0.410 e. The van der Waals surface area contributed by atoms with E-state index in [0.717, 1.165) is 31.4 Å². The van der Waals surface area contributed by atoms with Crippen LogP contribution in [0.15, 0.2) is 30.3 Å². The van der Waals surface area contributed by atoms with Gasteiger partial charge in [0, 0.05) is 32.2 Å². The zero-order valence-electron chi connectivity index (χ0n) is 16.3. The van der Waals surface area contributed by atoms with Gasteiger partial charge in [0.25, 0.3) is 0 Å². The topological polar surface area (TPSA) is 79.0 Å². The van der Waals surface area contributed by atoms with E-state index in [1.807, 2.05) is 37.3 Å². The number of sulfonamides is 1. The second-order valence-corrected chi connectivity index (χ2v) is 8.85. The molecule has 0 bridgehead atoms. The molecule has 1 aromatic rings. The fourth-order valence-electron chi connectivity index (χ4n) is 3.20. The molecule has 0 unspecified atom stereocenters. The Morgan fingerprint density at radius 3 is 2.52 bits per heavy atom. The molecule has 1 amide bonds. The molecule has 8 heteroatoms. The summed E-state index contributed by atoms with van der Waals surface area (Å²) < 4.78 is 30.0. The third-order valence-corrected chi connectivity index (χ3v) is 6.18. The molecule has 0 aliphatic carbocycles. The van der Waals surface area contributed by atoms with Crippen molar-refractivity contribution >= 4 is 16.1 Å². The van der Waals surface area contributed by atoms with E-state index in [-0.39, 0.29) is 6.09 Å². The second-order valence-electron chi connectivity index (χ2n) is 6.86. The molecule has 0 atom stereocenters. The summed E-state index contributed by atoms with van der Waals surface area (Å²) in [5.41, 5.74) is 0.984. The van der Waals surface area contributed by atoms with Gasteiger partial charge in [-0.15, -0.1) is 0 Å². The van der Waals surface area contributed by atoms with Gasteiger partial charge >= 0.3 is 6.09 Å². The molecule has 1 heterocycles. The number of rotatable bonds is 9. The van der Waals surface area contributed by atoms with Gasteiger partial charge in [0.05, 0.1) is 6.26 Å². The minimum atomic E-state index is -3.12. The quantitative estimate of drug-likeness (QED) is 0.645. The number of benzene rings is 1. The van der Waals surface area contributed by atoms with Crippen LogP contribution in [0.25, 0.3) is 0 Å². The van der Waals surface area contributed by atoms with Gasteiger partial charge in [0.1, 0.15) is 6.61 Å². The van der Waals surface area contributed by atoms with Gasteiger partial charge in [-0.1, -0.05) is 37.3 Å². The molecule has 1 N–H and O–H groups in total. The van der Waals surface area contributed by atoms with Crippen LogP contribution in [-0.4, -0.2) is 68.7 Å². The van der Waals surface area contributed by atoms with Crippen LogP contribution in [0.4, 0.5) is 4.79 Å². The molecule has 152 valence electrons. The smallest absolute Gasteiger partial charge is 0.410 e. The van der Waals surface area contributed by atoms with E-state index in [0.29, 0.717) is 38.8 Å². The van der Waals surface area contributed by atoms with Gasteiger partial charge < -0.3 is 15.0 Å². The fraction of sp³-hybridized carbons (Fsp3) is 0.632. The van der Waals surface area contributed by atoms with Crippen molar-refractivity contribution in [1.29, 1.82) is 0 Å². The van der Waals surface area contributed by atoms with Crippen molar-refractivity contribution in [2.24, 2.45) is 0 Å². The molecule has 0 radical (unpaired) electrons. The van der Waals surface area contributed by atoms with E-state index >= 15 is 0 Å². The molecule has 0 aromatic heterocycles. The molecule has 1 aliphatic rings. The molecule has 2 rings (SSSR count). The maximum atomic E-state index is 12.2. The molecule has 1 aromatic carbocycles. The average molecular weight is 398 g/mol. The summed E-state index contributed by atoms with van der Waals surface area (Å²) in [4.78, 5) is 13.9. The third kappa shape index (κ3) is 7.48. The van der Waals surface area contributed by atoms with E-state index in [1.165, 1.54) is 10.6 Å². The minimum Gasteiger partial charge on any atom is -0.445 e. The van der Waals surface area contributed by atoms with E-state index in [1.54, 1.807) is 4.90 Å². The Morgan fingerprint density at radius 2 is 1.93 bits per heavy atom. The number of hydrogen-bond donors (Lipinski definition) is 1. The number of hydrogen-bond acceptors (Lipinski definition) is 5. The Bertz CT molecular complexity index is 673. The minimum absolute atomic E-state index is 0.260. The number of nitrogens with one attached hydrogen (secondary N) is 1. The Balaban J connectivity index is 1.61. The first-order valence-corrected chi connectivity index (χ1v) is 11.4. The Kier molecular flexibility index (Phi) is 8.53. The normalized spacial score (nSPS) is 15.9. The number of ether oxygens (including phenoxy) is 1. The molecule has 0 saturated carbocycles. The highest BCUT2D eigenvalue weighted by Crippen LogP contribution is 2.12. The lowest BCUT2D eigenvalue weighted by Crippen LogP contribution is -2.45. The number of likely N-dealkylation sites (tertiary alicyclic amines) is 1. The number of amides is 1. The Labute approximate surface area is 162 Å². The Morgan fingerprint density at radius 1 is 1.26 bits per heavy atom. The van der Waals surface area contributed by atoms with Crippen LogP contribution in [0, 0.1) is 0 Å². The predicted octanol–water partition coefficient (Wildman–Crippen LogP) is 2.05. The average Bonchev–Trinajstić information content (AvgIpc) is 2.66. The van der Waals surface area contributed by atoms with E-state index in [4.69, 9.17) is 4.74 Å². The highest BCUT2D eigenvalue weighted by molar-refractivity contribution is 7.88. The third-order valence-electron chi connectivity index (χ3n) is 4.80. The first-order valence-electron chi connectivity index (χ1n) is 9.54.